The van der Waals surface area contributed by atoms with Crippen molar-refractivity contribution in [1.29, 1.82) is 0 Å². The zero-order chi connectivity index (χ0) is 14.8. The first-order valence-corrected chi connectivity index (χ1v) is 7.97. The van der Waals surface area contributed by atoms with Gasteiger partial charge in [-0.3, -0.25) is 4.79 Å². The summed E-state index contributed by atoms with van der Waals surface area (Å²) in [4.78, 5) is 14.2. The Hall–Kier alpha value is -1.42. The number of amides is 1. The molecule has 1 aliphatic heterocycles. The predicted molar refractivity (Wildman–Crippen MR) is 81.7 cm³/mol. The predicted octanol–water partition coefficient (Wildman–Crippen LogP) is 3.10. The third kappa shape index (κ3) is 3.43. The maximum atomic E-state index is 13.9. The van der Waals surface area contributed by atoms with Crippen molar-refractivity contribution < 1.29 is 9.18 Å². The van der Waals surface area contributed by atoms with Gasteiger partial charge in [0.05, 0.1) is 11.7 Å². The number of hydrogen-bond donors (Lipinski definition) is 1. The van der Waals surface area contributed by atoms with E-state index in [9.17, 15) is 9.18 Å². The van der Waals surface area contributed by atoms with Crippen molar-refractivity contribution in [3.63, 3.8) is 0 Å². The molecule has 21 heavy (non-hydrogen) atoms. The van der Waals surface area contributed by atoms with Gasteiger partial charge in [0, 0.05) is 12.6 Å². The van der Waals surface area contributed by atoms with E-state index in [2.05, 4.69) is 12.2 Å². The molecule has 2 fully saturated rings. The highest BCUT2D eigenvalue weighted by Crippen LogP contribution is 2.33. The molecule has 0 spiro atoms. The Balaban J connectivity index is 1.66. The van der Waals surface area contributed by atoms with Crippen molar-refractivity contribution in [2.75, 3.05) is 11.4 Å². The van der Waals surface area contributed by atoms with Crippen LogP contribution in [0, 0.1) is 11.7 Å². The molecule has 1 saturated carbocycles. The Morgan fingerprint density at radius 3 is 2.81 bits per heavy atom. The lowest BCUT2D eigenvalue weighted by atomic mass is 10.0. The minimum atomic E-state index is -0.322. The number of anilines is 1. The minimum Gasteiger partial charge on any atom is -0.308 e. The van der Waals surface area contributed by atoms with Gasteiger partial charge in [0.2, 0.25) is 5.91 Å². The second-order valence-electron chi connectivity index (χ2n) is 6.38. The second-order valence-corrected chi connectivity index (χ2v) is 6.38. The highest BCUT2D eigenvalue weighted by Gasteiger charge is 2.32. The van der Waals surface area contributed by atoms with Crippen LogP contribution in [-0.4, -0.2) is 24.5 Å². The van der Waals surface area contributed by atoms with Gasteiger partial charge in [0.25, 0.3) is 0 Å². The fourth-order valence-electron chi connectivity index (χ4n) is 3.20. The molecule has 3 rings (SSSR count). The summed E-state index contributed by atoms with van der Waals surface area (Å²) in [6.07, 6.45) is 5.55. The number of nitrogens with zero attached hydrogens (tertiary/aromatic N) is 1. The molecule has 0 aromatic heterocycles. The number of para-hydroxylation sites is 1. The van der Waals surface area contributed by atoms with E-state index in [-0.39, 0.29) is 17.8 Å². The summed E-state index contributed by atoms with van der Waals surface area (Å²) in [5.74, 6) is 0.528. The lowest BCUT2D eigenvalue weighted by molar-refractivity contribution is -0.122. The number of carbonyl (C=O) groups is 1. The topological polar surface area (TPSA) is 32.3 Å². The average Bonchev–Trinajstić information content (AvgIpc) is 3.26. The van der Waals surface area contributed by atoms with Crippen LogP contribution in [0.15, 0.2) is 24.3 Å². The summed E-state index contributed by atoms with van der Waals surface area (Å²) in [5.41, 5.74) is 0.406. The van der Waals surface area contributed by atoms with E-state index in [4.69, 9.17) is 0 Å². The molecular formula is C17H23FN2O. The SMILES string of the molecule is CC(CC1CC1)NC1CCCN(c2ccccc2F)C1=O. The van der Waals surface area contributed by atoms with Crippen LogP contribution in [0.5, 0.6) is 0 Å². The number of benzene rings is 1. The monoisotopic (exact) mass is 290 g/mol. The molecule has 3 nitrogen and oxygen atoms in total. The van der Waals surface area contributed by atoms with Crippen LogP contribution in [0.1, 0.15) is 39.0 Å². The molecule has 1 aromatic rings. The van der Waals surface area contributed by atoms with Gasteiger partial charge in [-0.25, -0.2) is 4.39 Å². The van der Waals surface area contributed by atoms with E-state index in [1.807, 2.05) is 0 Å². The van der Waals surface area contributed by atoms with Gasteiger partial charge in [-0.05, 0) is 44.2 Å². The third-order valence-corrected chi connectivity index (χ3v) is 4.45. The Morgan fingerprint density at radius 2 is 2.10 bits per heavy atom. The Kier molecular flexibility index (Phi) is 4.24. The van der Waals surface area contributed by atoms with Crippen LogP contribution in [0.3, 0.4) is 0 Å². The van der Waals surface area contributed by atoms with Crippen molar-refractivity contribution in [2.45, 2.75) is 51.1 Å². The van der Waals surface area contributed by atoms with Crippen LogP contribution in [0.2, 0.25) is 0 Å². The van der Waals surface area contributed by atoms with Gasteiger partial charge in [0.1, 0.15) is 5.82 Å². The van der Waals surface area contributed by atoms with Crippen LogP contribution in [-0.2, 0) is 4.79 Å². The highest BCUT2D eigenvalue weighted by molar-refractivity contribution is 5.98. The standard InChI is InChI=1S/C17H23FN2O/c1-12(11-13-8-9-13)19-15-6-4-10-20(17(15)21)16-7-3-2-5-14(16)18/h2-3,5,7,12-13,15,19H,4,6,8-11H2,1H3. The zero-order valence-corrected chi connectivity index (χ0v) is 12.5. The Morgan fingerprint density at radius 1 is 1.33 bits per heavy atom. The van der Waals surface area contributed by atoms with Gasteiger partial charge < -0.3 is 10.2 Å². The number of nitrogens with one attached hydrogen (secondary N) is 1. The largest absolute Gasteiger partial charge is 0.308 e. The molecule has 0 radical (unpaired) electrons. The maximum absolute atomic E-state index is 13.9. The Bertz CT molecular complexity index is 515. The zero-order valence-electron chi connectivity index (χ0n) is 12.5. The first-order valence-electron chi connectivity index (χ1n) is 7.97. The quantitative estimate of drug-likeness (QED) is 0.903. The number of hydrogen-bond acceptors (Lipinski definition) is 2. The molecule has 1 heterocycles. The number of halogens is 1. The average molecular weight is 290 g/mol. The molecule has 1 aliphatic carbocycles. The molecule has 1 saturated heterocycles. The van der Waals surface area contributed by atoms with Crippen LogP contribution >= 0.6 is 0 Å². The molecular weight excluding hydrogens is 267 g/mol. The molecule has 4 heteroatoms. The fraction of sp³-hybridized carbons (Fsp3) is 0.588. The van der Waals surface area contributed by atoms with Crippen LogP contribution < -0.4 is 10.2 Å². The maximum Gasteiger partial charge on any atom is 0.244 e. The normalized spacial score (nSPS) is 24.2. The Labute approximate surface area is 125 Å². The molecule has 2 atom stereocenters. The lowest BCUT2D eigenvalue weighted by Gasteiger charge is -2.34. The van der Waals surface area contributed by atoms with E-state index in [0.717, 1.165) is 25.2 Å². The second kappa shape index (κ2) is 6.14. The van der Waals surface area contributed by atoms with E-state index in [1.54, 1.807) is 23.1 Å². The van der Waals surface area contributed by atoms with Crippen LogP contribution in [0.25, 0.3) is 0 Å². The third-order valence-electron chi connectivity index (χ3n) is 4.45. The molecule has 114 valence electrons. The van der Waals surface area contributed by atoms with Crippen molar-refractivity contribution in [3.05, 3.63) is 30.1 Å². The van der Waals surface area contributed by atoms with E-state index < -0.39 is 0 Å². The molecule has 1 amide bonds. The summed E-state index contributed by atoms with van der Waals surface area (Å²) < 4.78 is 13.9. The van der Waals surface area contributed by atoms with Crippen molar-refractivity contribution in [2.24, 2.45) is 5.92 Å². The summed E-state index contributed by atoms with van der Waals surface area (Å²) in [6.45, 7) is 2.75. The van der Waals surface area contributed by atoms with Gasteiger partial charge in [0.15, 0.2) is 0 Å². The first kappa shape index (κ1) is 14.5. The molecule has 1 N–H and O–H groups in total. The van der Waals surface area contributed by atoms with E-state index in [0.29, 0.717) is 18.3 Å². The van der Waals surface area contributed by atoms with Crippen LogP contribution in [0.4, 0.5) is 10.1 Å². The molecule has 2 aliphatic rings. The van der Waals surface area contributed by atoms with E-state index >= 15 is 0 Å². The number of carbonyl (C=O) groups excluding carboxylic acids is 1. The molecule has 0 bridgehead atoms. The van der Waals surface area contributed by atoms with Gasteiger partial charge in [-0.2, -0.15) is 0 Å². The number of rotatable bonds is 5. The number of piperidine rings is 1. The molecule has 1 aromatic carbocycles. The fourth-order valence-corrected chi connectivity index (χ4v) is 3.20. The van der Waals surface area contributed by atoms with Gasteiger partial charge >= 0.3 is 0 Å². The molecule has 2 unspecified atom stereocenters. The summed E-state index contributed by atoms with van der Waals surface area (Å²) >= 11 is 0. The minimum absolute atomic E-state index is 0.00833. The van der Waals surface area contributed by atoms with Crippen molar-refractivity contribution >= 4 is 11.6 Å². The summed E-state index contributed by atoms with van der Waals surface area (Å²) in [5, 5.41) is 3.45. The smallest absolute Gasteiger partial charge is 0.244 e. The summed E-state index contributed by atoms with van der Waals surface area (Å²) in [6, 6.07) is 6.71. The first-order chi connectivity index (χ1) is 10.1. The van der Waals surface area contributed by atoms with Gasteiger partial charge in [-0.15, -0.1) is 0 Å². The highest BCUT2D eigenvalue weighted by atomic mass is 19.1. The summed E-state index contributed by atoms with van der Waals surface area (Å²) in [7, 11) is 0. The van der Waals surface area contributed by atoms with E-state index in [1.165, 1.54) is 18.9 Å². The van der Waals surface area contributed by atoms with Crippen molar-refractivity contribution in [3.8, 4) is 0 Å². The van der Waals surface area contributed by atoms with Crippen molar-refractivity contribution in [1.82, 2.24) is 5.32 Å². The van der Waals surface area contributed by atoms with Gasteiger partial charge in [-0.1, -0.05) is 25.0 Å². The lowest BCUT2D eigenvalue weighted by Crippen LogP contribution is -2.53.